The number of anilines is 1. The van der Waals surface area contributed by atoms with Gasteiger partial charge in [0.2, 0.25) is 0 Å². The second-order valence-electron chi connectivity index (χ2n) is 4.61. The van der Waals surface area contributed by atoms with Gasteiger partial charge in [0.25, 0.3) is 0 Å². The molecule has 92 valence electrons. The molecule has 0 amide bonds. The summed E-state index contributed by atoms with van der Waals surface area (Å²) in [5, 5.41) is 3.35. The van der Waals surface area contributed by atoms with Crippen molar-refractivity contribution in [2.45, 2.75) is 31.0 Å². The first-order chi connectivity index (χ1) is 8.27. The van der Waals surface area contributed by atoms with Crippen molar-refractivity contribution in [2.75, 3.05) is 11.9 Å². The molecule has 1 saturated carbocycles. The normalized spacial score (nSPS) is 35.9. The number of hydrogen-bond donors (Lipinski definition) is 2. The van der Waals surface area contributed by atoms with Gasteiger partial charge in [-0.05, 0) is 28.8 Å². The van der Waals surface area contributed by atoms with E-state index in [0.717, 1.165) is 23.3 Å². The van der Waals surface area contributed by atoms with Gasteiger partial charge in [-0.1, -0.05) is 0 Å². The van der Waals surface area contributed by atoms with Crippen molar-refractivity contribution in [3.63, 3.8) is 0 Å². The Morgan fingerprint density at radius 1 is 1.53 bits per heavy atom. The van der Waals surface area contributed by atoms with Crippen LogP contribution in [-0.2, 0) is 4.74 Å². The summed E-state index contributed by atoms with van der Waals surface area (Å²) in [7, 11) is 0. The molecule has 2 aliphatic rings. The van der Waals surface area contributed by atoms with E-state index in [4.69, 9.17) is 10.5 Å². The van der Waals surface area contributed by atoms with Gasteiger partial charge in [-0.3, -0.25) is 0 Å². The Balaban J connectivity index is 1.72. The third-order valence-electron chi connectivity index (χ3n) is 3.65. The number of ether oxygens (including phenoxy) is 1. The fourth-order valence-electron chi connectivity index (χ4n) is 2.70. The number of nitrogens with two attached hydrogens (primary N) is 1. The molecular weight excluding hydrogens is 284 g/mol. The minimum Gasteiger partial charge on any atom is -0.376 e. The van der Waals surface area contributed by atoms with Crippen LogP contribution in [0, 0.1) is 5.92 Å². The maximum Gasteiger partial charge on any atom is 0.144 e. The second-order valence-corrected chi connectivity index (χ2v) is 5.46. The molecule has 1 aromatic rings. The van der Waals surface area contributed by atoms with E-state index in [1.807, 2.05) is 0 Å². The van der Waals surface area contributed by atoms with E-state index in [1.54, 1.807) is 6.20 Å². The van der Waals surface area contributed by atoms with Crippen LogP contribution in [0.5, 0.6) is 0 Å². The molecule has 4 unspecified atom stereocenters. The molecule has 0 bridgehead atoms. The highest BCUT2D eigenvalue weighted by atomic mass is 79.9. The highest BCUT2D eigenvalue weighted by molar-refractivity contribution is 9.10. The molecular formula is C11H15BrN4O. The summed E-state index contributed by atoms with van der Waals surface area (Å²) in [6, 6.07) is 0.314. The van der Waals surface area contributed by atoms with E-state index in [-0.39, 0.29) is 18.2 Å². The number of rotatable bonds is 2. The number of fused-ring (bicyclic) bond motifs is 1. The van der Waals surface area contributed by atoms with Crippen LogP contribution in [-0.4, -0.2) is 34.8 Å². The van der Waals surface area contributed by atoms with Crippen LogP contribution in [0.3, 0.4) is 0 Å². The van der Waals surface area contributed by atoms with Crippen LogP contribution in [0.4, 0.5) is 5.82 Å². The first-order valence-electron chi connectivity index (χ1n) is 5.86. The molecule has 2 heterocycles. The predicted octanol–water partition coefficient (Wildman–Crippen LogP) is 1.16. The van der Waals surface area contributed by atoms with Crippen molar-refractivity contribution in [3.05, 3.63) is 17.0 Å². The summed E-state index contributed by atoms with van der Waals surface area (Å²) in [6.07, 6.45) is 5.78. The lowest BCUT2D eigenvalue weighted by Gasteiger charge is -2.52. The fraction of sp³-hybridized carbons (Fsp3) is 0.636. The standard InChI is InChI=1S/C11H15BrN4O/c12-7-4-14-5-15-11(7)16-9-8(13)6-2-1-3-17-10(6)9/h4-6,8-10H,1-3,13H2,(H,14,15,16). The van der Waals surface area contributed by atoms with Gasteiger partial charge in [-0.25, -0.2) is 9.97 Å². The zero-order valence-electron chi connectivity index (χ0n) is 9.34. The molecule has 0 spiro atoms. The number of aromatic nitrogens is 2. The summed E-state index contributed by atoms with van der Waals surface area (Å²) in [6.45, 7) is 0.844. The lowest BCUT2D eigenvalue weighted by Crippen LogP contribution is -2.69. The average Bonchev–Trinajstić information content (AvgIpc) is 2.37. The molecule has 1 saturated heterocycles. The van der Waals surface area contributed by atoms with Crippen LogP contribution in [0.25, 0.3) is 0 Å². The van der Waals surface area contributed by atoms with E-state index in [9.17, 15) is 0 Å². The number of halogens is 1. The maximum atomic E-state index is 6.17. The van der Waals surface area contributed by atoms with Gasteiger partial charge in [-0.2, -0.15) is 0 Å². The van der Waals surface area contributed by atoms with Crippen LogP contribution < -0.4 is 11.1 Å². The lowest BCUT2D eigenvalue weighted by molar-refractivity contribution is -0.104. The molecule has 17 heavy (non-hydrogen) atoms. The van der Waals surface area contributed by atoms with E-state index in [2.05, 4.69) is 31.2 Å². The Morgan fingerprint density at radius 3 is 3.24 bits per heavy atom. The van der Waals surface area contributed by atoms with Crippen molar-refractivity contribution in [3.8, 4) is 0 Å². The van der Waals surface area contributed by atoms with Gasteiger partial charge < -0.3 is 15.8 Å². The van der Waals surface area contributed by atoms with Crippen LogP contribution in [0.15, 0.2) is 17.0 Å². The quantitative estimate of drug-likeness (QED) is 0.857. The van der Waals surface area contributed by atoms with Crippen molar-refractivity contribution >= 4 is 21.7 Å². The number of nitrogens with zero attached hydrogens (tertiary/aromatic N) is 2. The van der Waals surface area contributed by atoms with Gasteiger partial charge in [0, 0.05) is 24.8 Å². The Bertz CT molecular complexity index is 416. The number of nitrogens with one attached hydrogen (secondary N) is 1. The monoisotopic (exact) mass is 298 g/mol. The molecule has 4 atom stereocenters. The molecule has 2 fully saturated rings. The topological polar surface area (TPSA) is 73.1 Å². The van der Waals surface area contributed by atoms with E-state index in [1.165, 1.54) is 12.7 Å². The third-order valence-corrected chi connectivity index (χ3v) is 4.23. The Hall–Kier alpha value is -0.720. The molecule has 0 aromatic carbocycles. The molecule has 6 heteroatoms. The maximum absolute atomic E-state index is 6.17. The minimum atomic E-state index is 0.155. The Kier molecular flexibility index (Phi) is 3.02. The van der Waals surface area contributed by atoms with E-state index in [0.29, 0.717) is 5.92 Å². The highest BCUT2D eigenvalue weighted by Gasteiger charge is 2.50. The molecule has 3 N–H and O–H groups in total. The first kappa shape index (κ1) is 11.4. The first-order valence-corrected chi connectivity index (χ1v) is 6.66. The van der Waals surface area contributed by atoms with Crippen molar-refractivity contribution in [1.82, 2.24) is 9.97 Å². The largest absolute Gasteiger partial charge is 0.376 e. The molecule has 0 radical (unpaired) electrons. The van der Waals surface area contributed by atoms with Gasteiger partial charge in [0.1, 0.15) is 12.1 Å². The zero-order valence-corrected chi connectivity index (χ0v) is 10.9. The Labute approximate surface area is 108 Å². The van der Waals surface area contributed by atoms with Crippen LogP contribution in [0.1, 0.15) is 12.8 Å². The number of hydrogen-bond acceptors (Lipinski definition) is 5. The third kappa shape index (κ3) is 1.94. The van der Waals surface area contributed by atoms with Gasteiger partial charge in [-0.15, -0.1) is 0 Å². The second kappa shape index (κ2) is 4.51. The van der Waals surface area contributed by atoms with Crippen molar-refractivity contribution in [2.24, 2.45) is 11.7 Å². The highest BCUT2D eigenvalue weighted by Crippen LogP contribution is 2.38. The van der Waals surface area contributed by atoms with Crippen LogP contribution >= 0.6 is 15.9 Å². The fourth-order valence-corrected chi connectivity index (χ4v) is 3.04. The minimum absolute atomic E-state index is 0.155. The SMILES string of the molecule is NC1C2CCCOC2C1Nc1ncncc1Br. The van der Waals surface area contributed by atoms with Crippen LogP contribution in [0.2, 0.25) is 0 Å². The summed E-state index contributed by atoms with van der Waals surface area (Å²) in [5.74, 6) is 1.29. The smallest absolute Gasteiger partial charge is 0.144 e. The van der Waals surface area contributed by atoms with E-state index < -0.39 is 0 Å². The lowest BCUT2D eigenvalue weighted by atomic mass is 9.68. The Morgan fingerprint density at radius 2 is 2.41 bits per heavy atom. The van der Waals surface area contributed by atoms with Gasteiger partial charge in [0.15, 0.2) is 0 Å². The summed E-state index contributed by atoms with van der Waals surface area (Å²) in [5.41, 5.74) is 6.17. The summed E-state index contributed by atoms with van der Waals surface area (Å²) >= 11 is 3.42. The average molecular weight is 299 g/mol. The molecule has 1 aliphatic heterocycles. The van der Waals surface area contributed by atoms with Gasteiger partial charge >= 0.3 is 0 Å². The molecule has 1 aromatic heterocycles. The zero-order chi connectivity index (χ0) is 11.8. The predicted molar refractivity (Wildman–Crippen MR) is 67.6 cm³/mol. The van der Waals surface area contributed by atoms with Crippen molar-refractivity contribution < 1.29 is 4.74 Å². The summed E-state index contributed by atoms with van der Waals surface area (Å²) in [4.78, 5) is 8.13. The molecule has 5 nitrogen and oxygen atoms in total. The van der Waals surface area contributed by atoms with E-state index >= 15 is 0 Å². The molecule has 3 rings (SSSR count). The summed E-state index contributed by atoms with van der Waals surface area (Å²) < 4.78 is 6.62. The molecule has 1 aliphatic carbocycles. The van der Waals surface area contributed by atoms with Crippen molar-refractivity contribution in [1.29, 1.82) is 0 Å². The van der Waals surface area contributed by atoms with Gasteiger partial charge in [0.05, 0.1) is 16.6 Å².